The van der Waals surface area contributed by atoms with Gasteiger partial charge in [0.25, 0.3) is 5.91 Å². The number of amides is 1. The van der Waals surface area contributed by atoms with Gasteiger partial charge in [-0.25, -0.2) is 0 Å². The fourth-order valence-electron chi connectivity index (χ4n) is 3.18. The third kappa shape index (κ3) is 4.05. The summed E-state index contributed by atoms with van der Waals surface area (Å²) >= 11 is 1.55. The number of likely N-dealkylation sites (N-methyl/N-ethyl adjacent to an activating group) is 1. The lowest BCUT2D eigenvalue weighted by molar-refractivity contribution is 0.103. The molecule has 4 nitrogen and oxygen atoms in total. The molecule has 0 bridgehead atoms. The van der Waals surface area contributed by atoms with E-state index in [4.69, 9.17) is 0 Å². The van der Waals surface area contributed by atoms with Gasteiger partial charge >= 0.3 is 0 Å². The third-order valence-electron chi connectivity index (χ3n) is 5.03. The van der Waals surface area contributed by atoms with Crippen molar-refractivity contribution in [3.8, 4) is 0 Å². The summed E-state index contributed by atoms with van der Waals surface area (Å²) < 4.78 is 0. The zero-order chi connectivity index (χ0) is 18.0. The summed E-state index contributed by atoms with van der Waals surface area (Å²) in [7, 11) is 0. The number of piperazine rings is 1. The number of rotatable bonds is 4. The average molecular weight is 358 g/mol. The van der Waals surface area contributed by atoms with Gasteiger partial charge in [-0.1, -0.05) is 6.92 Å². The van der Waals surface area contributed by atoms with E-state index >= 15 is 0 Å². The van der Waals surface area contributed by atoms with E-state index < -0.39 is 0 Å². The van der Waals surface area contributed by atoms with Crippen molar-refractivity contribution in [1.29, 1.82) is 0 Å². The Labute approximate surface area is 154 Å². The molecule has 2 heterocycles. The minimum atomic E-state index is -0.0198. The van der Waals surface area contributed by atoms with E-state index in [2.05, 4.69) is 48.0 Å². The van der Waals surface area contributed by atoms with Crippen LogP contribution < -0.4 is 10.2 Å². The number of hydrogen-bond donors (Lipinski definition) is 1. The molecule has 1 aromatic carbocycles. The molecule has 1 N–H and O–H groups in total. The van der Waals surface area contributed by atoms with Crippen molar-refractivity contribution in [1.82, 2.24) is 4.90 Å². The molecular weight excluding hydrogens is 330 g/mol. The number of carbonyl (C=O) groups excluding carboxylic acids is 1. The first-order valence-electron chi connectivity index (χ1n) is 8.94. The molecule has 1 aromatic heterocycles. The monoisotopic (exact) mass is 357 g/mol. The van der Waals surface area contributed by atoms with Gasteiger partial charge in [-0.3, -0.25) is 4.79 Å². The van der Waals surface area contributed by atoms with Crippen molar-refractivity contribution < 1.29 is 4.79 Å². The van der Waals surface area contributed by atoms with Gasteiger partial charge < -0.3 is 15.1 Å². The maximum absolute atomic E-state index is 12.5. The minimum Gasteiger partial charge on any atom is -0.369 e. The number of nitrogens with one attached hydrogen (secondary N) is 1. The molecule has 0 saturated carbocycles. The topological polar surface area (TPSA) is 35.6 Å². The highest BCUT2D eigenvalue weighted by molar-refractivity contribution is 7.14. The highest BCUT2D eigenvalue weighted by Gasteiger charge is 2.17. The van der Waals surface area contributed by atoms with Crippen LogP contribution in [0, 0.1) is 20.8 Å². The van der Waals surface area contributed by atoms with E-state index in [1.54, 1.807) is 11.3 Å². The molecule has 3 rings (SSSR count). The smallest absolute Gasteiger partial charge is 0.265 e. The maximum Gasteiger partial charge on any atom is 0.265 e. The number of aryl methyl sites for hydroxylation is 3. The molecule has 0 unspecified atom stereocenters. The number of hydrogen-bond acceptors (Lipinski definition) is 4. The van der Waals surface area contributed by atoms with Crippen LogP contribution in [0.2, 0.25) is 0 Å². The molecule has 5 heteroatoms. The lowest BCUT2D eigenvalue weighted by Gasteiger charge is -2.35. The Morgan fingerprint density at radius 1 is 1.08 bits per heavy atom. The van der Waals surface area contributed by atoms with Crippen LogP contribution in [0.15, 0.2) is 24.3 Å². The molecule has 1 saturated heterocycles. The molecule has 0 aliphatic carbocycles. The van der Waals surface area contributed by atoms with E-state index in [1.807, 2.05) is 19.1 Å². The van der Waals surface area contributed by atoms with Gasteiger partial charge in [0.2, 0.25) is 0 Å². The molecule has 0 atom stereocenters. The van der Waals surface area contributed by atoms with E-state index in [0.29, 0.717) is 0 Å². The standard InChI is InChI=1S/C20H27N3OS/c1-5-22-8-10-23(11-9-22)17-6-7-18(15(3)12-17)21-20(24)19-13-14(2)16(4)25-19/h6-7,12-13H,5,8-11H2,1-4H3,(H,21,24). The molecule has 1 fully saturated rings. The number of thiophene rings is 1. The van der Waals surface area contributed by atoms with Gasteiger partial charge in [0.05, 0.1) is 4.88 Å². The van der Waals surface area contributed by atoms with Crippen molar-refractivity contribution in [3.05, 3.63) is 45.1 Å². The Kier molecular flexibility index (Phi) is 5.45. The van der Waals surface area contributed by atoms with Crippen molar-refractivity contribution in [2.75, 3.05) is 42.9 Å². The molecule has 134 valence electrons. The Morgan fingerprint density at radius 3 is 2.36 bits per heavy atom. The fourth-order valence-corrected chi connectivity index (χ4v) is 4.11. The molecular formula is C20H27N3OS. The quantitative estimate of drug-likeness (QED) is 0.896. The highest BCUT2D eigenvalue weighted by Crippen LogP contribution is 2.26. The predicted octanol–water partition coefficient (Wildman–Crippen LogP) is 4.07. The molecule has 0 radical (unpaired) electrons. The molecule has 2 aromatic rings. The Bertz CT molecular complexity index is 741. The lowest BCUT2D eigenvalue weighted by atomic mass is 10.1. The fraction of sp³-hybridized carbons (Fsp3) is 0.450. The van der Waals surface area contributed by atoms with Crippen LogP contribution in [0.25, 0.3) is 0 Å². The number of benzene rings is 1. The van der Waals surface area contributed by atoms with Crippen molar-refractivity contribution in [2.24, 2.45) is 0 Å². The Morgan fingerprint density at radius 2 is 1.80 bits per heavy atom. The summed E-state index contributed by atoms with van der Waals surface area (Å²) in [5.74, 6) is -0.0198. The SMILES string of the molecule is CCN1CCN(c2ccc(NC(=O)c3cc(C)c(C)s3)c(C)c2)CC1. The van der Waals surface area contributed by atoms with E-state index in [9.17, 15) is 4.79 Å². The molecule has 1 amide bonds. The second-order valence-electron chi connectivity index (χ2n) is 6.72. The zero-order valence-electron chi connectivity index (χ0n) is 15.6. The first kappa shape index (κ1) is 18.0. The lowest BCUT2D eigenvalue weighted by Crippen LogP contribution is -2.46. The van der Waals surface area contributed by atoms with Crippen LogP contribution in [-0.4, -0.2) is 43.5 Å². The maximum atomic E-state index is 12.5. The van der Waals surface area contributed by atoms with Crippen LogP contribution in [0.5, 0.6) is 0 Å². The normalized spacial score (nSPS) is 15.4. The summed E-state index contributed by atoms with van der Waals surface area (Å²) in [6.07, 6.45) is 0. The first-order chi connectivity index (χ1) is 12.0. The number of anilines is 2. The van der Waals surface area contributed by atoms with Gasteiger partial charge in [-0.2, -0.15) is 0 Å². The van der Waals surface area contributed by atoms with Gasteiger partial charge in [-0.05, 0) is 62.7 Å². The highest BCUT2D eigenvalue weighted by atomic mass is 32.1. The van der Waals surface area contributed by atoms with Gasteiger partial charge in [-0.15, -0.1) is 11.3 Å². The predicted molar refractivity (Wildman–Crippen MR) is 107 cm³/mol. The molecule has 1 aliphatic rings. The summed E-state index contributed by atoms with van der Waals surface area (Å²) in [6.45, 7) is 13.9. The minimum absolute atomic E-state index is 0.0198. The number of carbonyl (C=O) groups is 1. The van der Waals surface area contributed by atoms with Crippen LogP contribution >= 0.6 is 11.3 Å². The molecule has 0 spiro atoms. The van der Waals surface area contributed by atoms with Gasteiger partial charge in [0.1, 0.15) is 0 Å². The summed E-state index contributed by atoms with van der Waals surface area (Å²) in [6, 6.07) is 8.30. The van der Waals surface area contributed by atoms with E-state index in [0.717, 1.165) is 48.9 Å². The van der Waals surface area contributed by atoms with Crippen LogP contribution in [0.4, 0.5) is 11.4 Å². The Balaban J connectivity index is 1.69. The second kappa shape index (κ2) is 7.58. The van der Waals surface area contributed by atoms with Crippen LogP contribution in [-0.2, 0) is 0 Å². The van der Waals surface area contributed by atoms with Crippen molar-refractivity contribution >= 4 is 28.6 Å². The number of nitrogens with zero attached hydrogens (tertiary/aromatic N) is 2. The van der Waals surface area contributed by atoms with Gasteiger partial charge in [0.15, 0.2) is 0 Å². The van der Waals surface area contributed by atoms with E-state index in [1.165, 1.54) is 16.1 Å². The summed E-state index contributed by atoms with van der Waals surface area (Å²) in [5.41, 5.74) is 4.42. The van der Waals surface area contributed by atoms with Gasteiger partial charge in [0, 0.05) is 42.4 Å². The first-order valence-corrected chi connectivity index (χ1v) is 9.76. The average Bonchev–Trinajstić information content (AvgIpc) is 2.96. The second-order valence-corrected chi connectivity index (χ2v) is 7.98. The Hall–Kier alpha value is -1.85. The summed E-state index contributed by atoms with van der Waals surface area (Å²) in [4.78, 5) is 19.3. The zero-order valence-corrected chi connectivity index (χ0v) is 16.4. The molecule has 25 heavy (non-hydrogen) atoms. The third-order valence-corrected chi connectivity index (χ3v) is 6.18. The molecule has 1 aliphatic heterocycles. The van der Waals surface area contributed by atoms with Crippen LogP contribution in [0.3, 0.4) is 0 Å². The van der Waals surface area contributed by atoms with Crippen molar-refractivity contribution in [2.45, 2.75) is 27.7 Å². The largest absolute Gasteiger partial charge is 0.369 e. The van der Waals surface area contributed by atoms with Crippen LogP contribution in [0.1, 0.15) is 32.6 Å². The van der Waals surface area contributed by atoms with E-state index in [-0.39, 0.29) is 5.91 Å². The van der Waals surface area contributed by atoms with Crippen molar-refractivity contribution in [3.63, 3.8) is 0 Å². The summed E-state index contributed by atoms with van der Waals surface area (Å²) in [5, 5.41) is 3.06.